The summed E-state index contributed by atoms with van der Waals surface area (Å²) in [6, 6.07) is 12.0. The number of benzene rings is 2. The largest absolute Gasteiger partial charge is 0.276 e. The molecule has 1 N–H and O–H groups in total. The van der Waals surface area contributed by atoms with Crippen LogP contribution in [0, 0.1) is 12.7 Å². The fourth-order valence-electron chi connectivity index (χ4n) is 1.56. The molecule has 0 saturated carbocycles. The number of halogens is 1. The van der Waals surface area contributed by atoms with Crippen molar-refractivity contribution >= 4 is 16.2 Å². The zero-order chi connectivity index (χ0) is 14.6. The second-order valence-electron chi connectivity index (χ2n) is 4.16. The van der Waals surface area contributed by atoms with Gasteiger partial charge in [-0.05, 0) is 42.3 Å². The van der Waals surface area contributed by atoms with Crippen LogP contribution in [0.15, 0.2) is 58.5 Å². The van der Waals surface area contributed by atoms with Gasteiger partial charge in [0.05, 0.1) is 11.1 Å². The van der Waals surface area contributed by atoms with Crippen molar-refractivity contribution in [3.05, 3.63) is 65.5 Å². The van der Waals surface area contributed by atoms with E-state index in [-0.39, 0.29) is 4.90 Å². The van der Waals surface area contributed by atoms with Crippen LogP contribution in [0.2, 0.25) is 0 Å². The summed E-state index contributed by atoms with van der Waals surface area (Å²) in [4.78, 5) is 2.05. The predicted octanol–water partition coefficient (Wildman–Crippen LogP) is 2.45. The van der Waals surface area contributed by atoms with Crippen molar-refractivity contribution in [3.8, 4) is 0 Å². The third-order valence-electron chi connectivity index (χ3n) is 2.69. The third kappa shape index (κ3) is 3.42. The summed E-state index contributed by atoms with van der Waals surface area (Å²) in [6.07, 6.45) is 1.43. The number of nitrogens with zero attached hydrogens (tertiary/aromatic N) is 1. The number of sulfonamides is 1. The van der Waals surface area contributed by atoms with Gasteiger partial charge in [-0.25, -0.2) is 9.22 Å². The van der Waals surface area contributed by atoms with Crippen molar-refractivity contribution in [1.29, 1.82) is 0 Å². The first-order chi connectivity index (χ1) is 9.49. The minimum atomic E-state index is -3.77. The molecule has 0 spiro atoms. The molecule has 6 heteroatoms. The Bertz CT molecular complexity index is 725. The maximum Gasteiger partial charge on any atom is 0.276 e. The van der Waals surface area contributed by atoms with Gasteiger partial charge in [-0.3, -0.25) is 0 Å². The van der Waals surface area contributed by atoms with Crippen LogP contribution in [-0.2, 0) is 10.0 Å². The van der Waals surface area contributed by atoms with E-state index in [1.54, 1.807) is 0 Å². The number of nitrogens with one attached hydrogen (secondary N) is 1. The van der Waals surface area contributed by atoms with E-state index in [4.69, 9.17) is 0 Å². The highest BCUT2D eigenvalue weighted by Crippen LogP contribution is 2.09. The van der Waals surface area contributed by atoms with Gasteiger partial charge < -0.3 is 0 Å². The number of aryl methyl sites for hydroxylation is 1. The second-order valence-corrected chi connectivity index (χ2v) is 5.82. The fourth-order valence-corrected chi connectivity index (χ4v) is 2.35. The minimum Gasteiger partial charge on any atom is -0.207 e. The SMILES string of the molecule is Cc1ccccc1/C=N/NS(=O)(=O)c1ccc(F)cc1. The van der Waals surface area contributed by atoms with Gasteiger partial charge in [0.25, 0.3) is 10.0 Å². The molecule has 0 aliphatic carbocycles. The Morgan fingerprint density at radius 3 is 2.40 bits per heavy atom. The first kappa shape index (κ1) is 14.2. The lowest BCUT2D eigenvalue weighted by atomic mass is 10.1. The topological polar surface area (TPSA) is 58.5 Å². The van der Waals surface area contributed by atoms with Crippen molar-refractivity contribution in [3.63, 3.8) is 0 Å². The van der Waals surface area contributed by atoms with Gasteiger partial charge in [0.15, 0.2) is 0 Å². The summed E-state index contributed by atoms with van der Waals surface area (Å²) >= 11 is 0. The van der Waals surface area contributed by atoms with Gasteiger partial charge >= 0.3 is 0 Å². The zero-order valence-electron chi connectivity index (χ0n) is 10.7. The summed E-state index contributed by atoms with van der Waals surface area (Å²) in [6.45, 7) is 1.90. The summed E-state index contributed by atoms with van der Waals surface area (Å²) < 4.78 is 36.5. The van der Waals surface area contributed by atoms with Crippen molar-refractivity contribution in [2.45, 2.75) is 11.8 Å². The van der Waals surface area contributed by atoms with Crippen molar-refractivity contribution in [2.24, 2.45) is 5.10 Å². The van der Waals surface area contributed by atoms with Crippen molar-refractivity contribution in [1.82, 2.24) is 4.83 Å². The van der Waals surface area contributed by atoms with Crippen LogP contribution in [0.5, 0.6) is 0 Å². The van der Waals surface area contributed by atoms with Gasteiger partial charge in [0, 0.05) is 0 Å². The lowest BCUT2D eigenvalue weighted by Crippen LogP contribution is -2.18. The monoisotopic (exact) mass is 292 g/mol. The van der Waals surface area contributed by atoms with Crippen LogP contribution in [0.1, 0.15) is 11.1 Å². The third-order valence-corrected chi connectivity index (χ3v) is 3.93. The molecule has 0 aliphatic heterocycles. The molecule has 4 nitrogen and oxygen atoms in total. The molecule has 0 unspecified atom stereocenters. The van der Waals surface area contributed by atoms with Gasteiger partial charge in [-0.2, -0.15) is 13.5 Å². The van der Waals surface area contributed by atoms with E-state index >= 15 is 0 Å². The van der Waals surface area contributed by atoms with Gasteiger partial charge in [-0.1, -0.05) is 24.3 Å². The van der Waals surface area contributed by atoms with Crippen molar-refractivity contribution < 1.29 is 12.8 Å². The van der Waals surface area contributed by atoms with Crippen LogP contribution in [0.4, 0.5) is 4.39 Å². The maximum absolute atomic E-state index is 12.7. The van der Waals surface area contributed by atoms with Gasteiger partial charge in [0.1, 0.15) is 5.82 Å². The fraction of sp³-hybridized carbons (Fsp3) is 0.0714. The van der Waals surface area contributed by atoms with Crippen molar-refractivity contribution in [2.75, 3.05) is 0 Å². The molecule has 0 heterocycles. The second kappa shape index (κ2) is 5.83. The van der Waals surface area contributed by atoms with E-state index in [0.717, 1.165) is 23.3 Å². The number of hydrogen-bond acceptors (Lipinski definition) is 3. The highest BCUT2D eigenvalue weighted by Gasteiger charge is 2.12. The Labute approximate surface area is 117 Å². The van der Waals surface area contributed by atoms with E-state index in [9.17, 15) is 12.8 Å². The first-order valence-corrected chi connectivity index (χ1v) is 7.33. The predicted molar refractivity (Wildman–Crippen MR) is 75.5 cm³/mol. The molecule has 104 valence electrons. The van der Waals surface area contributed by atoms with Crippen LogP contribution in [0.25, 0.3) is 0 Å². The van der Waals surface area contributed by atoms with E-state index in [1.165, 1.54) is 18.3 Å². The first-order valence-electron chi connectivity index (χ1n) is 5.85. The summed E-state index contributed by atoms with van der Waals surface area (Å²) in [5.41, 5.74) is 1.80. The molecular formula is C14H13FN2O2S. The lowest BCUT2D eigenvalue weighted by Gasteiger charge is -2.03. The van der Waals surface area contributed by atoms with Crippen LogP contribution < -0.4 is 4.83 Å². The molecular weight excluding hydrogens is 279 g/mol. The van der Waals surface area contributed by atoms with Gasteiger partial charge in [0.2, 0.25) is 0 Å². The molecule has 20 heavy (non-hydrogen) atoms. The Hall–Kier alpha value is -2.21. The van der Waals surface area contributed by atoms with E-state index in [0.29, 0.717) is 0 Å². The molecule has 2 aromatic carbocycles. The summed E-state index contributed by atoms with van der Waals surface area (Å²) in [5, 5.41) is 3.72. The quantitative estimate of drug-likeness (QED) is 0.695. The smallest absolute Gasteiger partial charge is 0.207 e. The molecule has 0 saturated heterocycles. The van der Waals surface area contributed by atoms with Crippen LogP contribution >= 0.6 is 0 Å². The van der Waals surface area contributed by atoms with Gasteiger partial charge in [-0.15, -0.1) is 0 Å². The molecule has 2 rings (SSSR count). The molecule has 2 aromatic rings. The van der Waals surface area contributed by atoms with E-state index in [1.807, 2.05) is 31.2 Å². The molecule has 0 radical (unpaired) electrons. The highest BCUT2D eigenvalue weighted by molar-refractivity contribution is 7.89. The Morgan fingerprint density at radius 1 is 1.10 bits per heavy atom. The number of rotatable bonds is 4. The molecule has 0 aromatic heterocycles. The average molecular weight is 292 g/mol. The lowest BCUT2D eigenvalue weighted by molar-refractivity contribution is 0.583. The zero-order valence-corrected chi connectivity index (χ0v) is 11.6. The summed E-state index contributed by atoms with van der Waals surface area (Å²) in [5.74, 6) is -0.493. The normalized spacial score (nSPS) is 11.7. The highest BCUT2D eigenvalue weighted by atomic mass is 32.2. The van der Waals surface area contributed by atoms with Crippen LogP contribution in [0.3, 0.4) is 0 Å². The molecule has 0 bridgehead atoms. The molecule has 0 aliphatic rings. The van der Waals surface area contributed by atoms with E-state index in [2.05, 4.69) is 9.93 Å². The average Bonchev–Trinajstić information content (AvgIpc) is 2.41. The minimum absolute atomic E-state index is 0.0409. The Morgan fingerprint density at radius 2 is 1.75 bits per heavy atom. The van der Waals surface area contributed by atoms with E-state index < -0.39 is 15.8 Å². The van der Waals surface area contributed by atoms with Crippen LogP contribution in [-0.4, -0.2) is 14.6 Å². The number of hydrogen-bond donors (Lipinski definition) is 1. The number of hydrazone groups is 1. The standard InChI is InChI=1S/C14H13FN2O2S/c1-11-4-2-3-5-12(11)10-16-17-20(18,19)14-8-6-13(15)7-9-14/h2-10,17H,1H3/b16-10+. The summed E-state index contributed by atoms with van der Waals surface area (Å²) in [7, 11) is -3.77. The molecule has 0 amide bonds. The Kier molecular flexibility index (Phi) is 4.14. The maximum atomic E-state index is 12.7. The Balaban J connectivity index is 2.14. The molecule has 0 fully saturated rings. The molecule has 0 atom stereocenters.